The monoisotopic (exact) mass is 298 g/mol. The highest BCUT2D eigenvalue weighted by Crippen LogP contribution is 2.15. The molecule has 17 heavy (non-hydrogen) atoms. The maximum Gasteiger partial charge on any atom is 0.236 e. The molecule has 3 nitrogen and oxygen atoms in total. The predicted molar refractivity (Wildman–Crippen MR) is 73.8 cm³/mol. The van der Waals surface area contributed by atoms with Crippen LogP contribution in [0.25, 0.3) is 0 Å². The van der Waals surface area contributed by atoms with E-state index in [-0.39, 0.29) is 11.9 Å². The number of carbonyl (C=O) groups excluding carboxylic acids is 1. The van der Waals surface area contributed by atoms with Crippen LogP contribution in [0.2, 0.25) is 0 Å². The largest absolute Gasteiger partial charge is 0.342 e. The maximum atomic E-state index is 11.7. The summed E-state index contributed by atoms with van der Waals surface area (Å²) >= 11 is 3.48. The molecule has 0 fully saturated rings. The molecule has 1 aromatic rings. The minimum atomic E-state index is 0.118. The van der Waals surface area contributed by atoms with Crippen molar-refractivity contribution in [3.05, 3.63) is 34.3 Å². The first-order valence-electron chi connectivity index (χ1n) is 5.72. The number of carbonyl (C=O) groups is 1. The van der Waals surface area contributed by atoms with E-state index in [1.54, 1.807) is 4.90 Å². The molecule has 0 aliphatic heterocycles. The van der Waals surface area contributed by atoms with E-state index in [2.05, 4.69) is 21.2 Å². The second kappa shape index (κ2) is 6.77. The number of amides is 1. The minimum absolute atomic E-state index is 0.118. The summed E-state index contributed by atoms with van der Waals surface area (Å²) in [4.78, 5) is 13.5. The zero-order valence-corrected chi connectivity index (χ0v) is 12.1. The molecule has 0 saturated carbocycles. The molecule has 4 heteroatoms. The molecule has 0 radical (unpaired) electrons. The van der Waals surface area contributed by atoms with Crippen LogP contribution in [0.4, 0.5) is 0 Å². The second-order valence-electron chi connectivity index (χ2n) is 4.29. The summed E-state index contributed by atoms with van der Waals surface area (Å²) in [5, 5.41) is 3.16. The van der Waals surface area contributed by atoms with E-state index in [0.717, 1.165) is 10.0 Å². The van der Waals surface area contributed by atoms with Crippen molar-refractivity contribution in [2.45, 2.75) is 26.4 Å². The molecule has 0 aliphatic carbocycles. The number of hydrogen-bond acceptors (Lipinski definition) is 2. The number of hydrogen-bond donors (Lipinski definition) is 1. The van der Waals surface area contributed by atoms with Crippen LogP contribution in [-0.4, -0.2) is 30.4 Å². The Hall–Kier alpha value is -0.870. The molecule has 1 amide bonds. The molecule has 1 N–H and O–H groups in total. The van der Waals surface area contributed by atoms with Crippen molar-refractivity contribution in [1.82, 2.24) is 10.2 Å². The fourth-order valence-corrected chi connectivity index (χ4v) is 1.78. The van der Waals surface area contributed by atoms with Crippen molar-refractivity contribution in [3.8, 4) is 0 Å². The fourth-order valence-electron chi connectivity index (χ4n) is 1.36. The maximum absolute atomic E-state index is 11.7. The number of likely N-dealkylation sites (N-methyl/N-ethyl adjacent to an activating group) is 1. The lowest BCUT2D eigenvalue weighted by Gasteiger charge is -2.21. The van der Waals surface area contributed by atoms with Crippen molar-refractivity contribution in [2.75, 3.05) is 13.6 Å². The van der Waals surface area contributed by atoms with Crippen LogP contribution in [0.5, 0.6) is 0 Å². The van der Waals surface area contributed by atoms with Gasteiger partial charge in [0.2, 0.25) is 5.91 Å². The van der Waals surface area contributed by atoms with Gasteiger partial charge in [0.25, 0.3) is 0 Å². The van der Waals surface area contributed by atoms with Gasteiger partial charge in [-0.3, -0.25) is 4.79 Å². The first-order valence-corrected chi connectivity index (χ1v) is 6.51. The number of halogens is 1. The molecule has 0 saturated heterocycles. The van der Waals surface area contributed by atoms with Gasteiger partial charge in [0.15, 0.2) is 0 Å². The van der Waals surface area contributed by atoms with E-state index in [1.165, 1.54) is 0 Å². The summed E-state index contributed by atoms with van der Waals surface area (Å²) in [5.41, 5.74) is 1.16. The average Bonchev–Trinajstić information content (AvgIpc) is 2.30. The molecular weight excluding hydrogens is 280 g/mol. The van der Waals surface area contributed by atoms with Crippen LogP contribution in [0.1, 0.15) is 19.4 Å². The topological polar surface area (TPSA) is 32.3 Å². The van der Waals surface area contributed by atoms with Gasteiger partial charge in [-0.1, -0.05) is 34.1 Å². The van der Waals surface area contributed by atoms with Crippen molar-refractivity contribution >= 4 is 21.8 Å². The number of benzene rings is 1. The lowest BCUT2D eigenvalue weighted by molar-refractivity contribution is -0.130. The highest BCUT2D eigenvalue weighted by atomic mass is 79.9. The summed E-state index contributed by atoms with van der Waals surface area (Å²) in [7, 11) is 1.83. The molecule has 1 aromatic carbocycles. The fraction of sp³-hybridized carbons (Fsp3) is 0.462. The molecule has 0 heterocycles. The molecule has 0 atom stereocenters. The molecule has 94 valence electrons. The van der Waals surface area contributed by atoms with E-state index in [1.807, 2.05) is 45.2 Å². The van der Waals surface area contributed by atoms with Crippen molar-refractivity contribution in [2.24, 2.45) is 0 Å². The lowest BCUT2D eigenvalue weighted by atomic mass is 10.2. The van der Waals surface area contributed by atoms with Gasteiger partial charge in [0, 0.05) is 24.1 Å². The molecule has 0 spiro atoms. The van der Waals surface area contributed by atoms with Gasteiger partial charge in [-0.15, -0.1) is 0 Å². The van der Waals surface area contributed by atoms with Crippen LogP contribution in [0.15, 0.2) is 28.7 Å². The molecular formula is C13H19BrN2O. The minimum Gasteiger partial charge on any atom is -0.342 e. The zero-order valence-electron chi connectivity index (χ0n) is 10.5. The van der Waals surface area contributed by atoms with E-state index in [9.17, 15) is 4.79 Å². The third-order valence-electron chi connectivity index (χ3n) is 2.72. The third kappa shape index (κ3) is 4.48. The Labute approximate surface area is 111 Å². The van der Waals surface area contributed by atoms with Gasteiger partial charge < -0.3 is 10.2 Å². The normalized spacial score (nSPS) is 10.6. The lowest BCUT2D eigenvalue weighted by Crippen LogP contribution is -2.39. The van der Waals surface area contributed by atoms with E-state index < -0.39 is 0 Å². The highest BCUT2D eigenvalue weighted by Gasteiger charge is 2.10. The van der Waals surface area contributed by atoms with E-state index in [4.69, 9.17) is 0 Å². The quantitative estimate of drug-likeness (QED) is 0.905. The van der Waals surface area contributed by atoms with Gasteiger partial charge in [-0.05, 0) is 25.5 Å². The second-order valence-corrected chi connectivity index (χ2v) is 5.15. The number of nitrogens with one attached hydrogen (secondary N) is 1. The van der Waals surface area contributed by atoms with Gasteiger partial charge in [0.05, 0.1) is 6.54 Å². The highest BCUT2D eigenvalue weighted by molar-refractivity contribution is 9.10. The summed E-state index contributed by atoms with van der Waals surface area (Å²) in [6.45, 7) is 5.08. The smallest absolute Gasteiger partial charge is 0.236 e. The Bertz CT molecular complexity index is 379. The number of rotatable bonds is 5. The Morgan fingerprint density at radius 2 is 2.06 bits per heavy atom. The Balaban J connectivity index is 2.38. The molecule has 1 rings (SSSR count). The SMILES string of the molecule is CC(C)N(C)C(=O)CNCc1ccccc1Br. The summed E-state index contributed by atoms with van der Waals surface area (Å²) in [5.74, 6) is 0.118. The van der Waals surface area contributed by atoms with E-state index in [0.29, 0.717) is 13.1 Å². The van der Waals surface area contributed by atoms with Crippen LogP contribution in [-0.2, 0) is 11.3 Å². The van der Waals surface area contributed by atoms with Gasteiger partial charge in [-0.25, -0.2) is 0 Å². The van der Waals surface area contributed by atoms with Crippen LogP contribution in [0, 0.1) is 0 Å². The summed E-state index contributed by atoms with van der Waals surface area (Å²) < 4.78 is 1.07. The van der Waals surface area contributed by atoms with Gasteiger partial charge in [-0.2, -0.15) is 0 Å². The standard InChI is InChI=1S/C13H19BrN2O/c1-10(2)16(3)13(17)9-15-8-11-6-4-5-7-12(11)14/h4-7,10,15H,8-9H2,1-3H3. The Morgan fingerprint density at radius 1 is 1.41 bits per heavy atom. The van der Waals surface area contributed by atoms with Gasteiger partial charge in [0.1, 0.15) is 0 Å². The van der Waals surface area contributed by atoms with E-state index >= 15 is 0 Å². The Kier molecular flexibility index (Phi) is 5.65. The molecule has 0 aliphatic rings. The molecule has 0 bridgehead atoms. The third-order valence-corrected chi connectivity index (χ3v) is 3.49. The van der Waals surface area contributed by atoms with Crippen LogP contribution >= 0.6 is 15.9 Å². The van der Waals surface area contributed by atoms with Crippen LogP contribution < -0.4 is 5.32 Å². The van der Waals surface area contributed by atoms with Crippen molar-refractivity contribution in [3.63, 3.8) is 0 Å². The first kappa shape index (κ1) is 14.2. The predicted octanol–water partition coefficient (Wildman–Crippen LogP) is 2.41. The molecule has 0 aromatic heterocycles. The number of nitrogens with zero attached hydrogens (tertiary/aromatic N) is 1. The Morgan fingerprint density at radius 3 is 2.65 bits per heavy atom. The zero-order chi connectivity index (χ0) is 12.8. The summed E-state index contributed by atoms with van der Waals surface area (Å²) in [6, 6.07) is 8.25. The molecule has 0 unspecified atom stereocenters. The van der Waals surface area contributed by atoms with Crippen molar-refractivity contribution in [1.29, 1.82) is 0 Å². The van der Waals surface area contributed by atoms with Crippen LogP contribution in [0.3, 0.4) is 0 Å². The van der Waals surface area contributed by atoms with Crippen molar-refractivity contribution < 1.29 is 4.79 Å². The average molecular weight is 299 g/mol. The first-order chi connectivity index (χ1) is 8.02. The van der Waals surface area contributed by atoms with Gasteiger partial charge >= 0.3 is 0 Å². The summed E-state index contributed by atoms with van der Waals surface area (Å²) in [6.07, 6.45) is 0.